The predicted molar refractivity (Wildman–Crippen MR) is 128 cm³/mol. The number of benzene rings is 3. The Morgan fingerprint density at radius 3 is 2.38 bits per heavy atom. The summed E-state index contributed by atoms with van der Waals surface area (Å²) >= 11 is 19.3. The zero-order valence-electron chi connectivity index (χ0n) is 15.6. The third-order valence-electron chi connectivity index (χ3n) is 4.10. The van der Waals surface area contributed by atoms with Gasteiger partial charge in [-0.05, 0) is 76.9 Å². The van der Waals surface area contributed by atoms with Crippen LogP contribution in [0.4, 0.5) is 5.69 Å². The number of anilines is 1. The summed E-state index contributed by atoms with van der Waals surface area (Å²) in [6.45, 7) is 3.45. The predicted octanol–water partition coefficient (Wildman–Crippen LogP) is 8.11. The van der Waals surface area contributed by atoms with E-state index >= 15 is 0 Å². The molecule has 0 spiro atoms. The maximum atomic E-state index is 6.25. The fraction of sp³-hybridized carbons (Fsp3) is 0.182. The highest BCUT2D eigenvalue weighted by molar-refractivity contribution is 9.10. The topological polar surface area (TPSA) is 30.5 Å². The second kappa shape index (κ2) is 10.6. The molecule has 0 aliphatic carbocycles. The molecule has 0 aromatic heterocycles. The molecular formula is C22H19Br2Cl2NO2. The molecule has 29 heavy (non-hydrogen) atoms. The Morgan fingerprint density at radius 2 is 1.69 bits per heavy atom. The molecule has 0 heterocycles. The van der Waals surface area contributed by atoms with Gasteiger partial charge in [-0.3, -0.25) is 0 Å². The number of ether oxygens (including phenoxy) is 2. The molecule has 3 rings (SSSR count). The summed E-state index contributed by atoms with van der Waals surface area (Å²) in [6.07, 6.45) is 0. The third-order valence-corrected chi connectivity index (χ3v) is 5.80. The van der Waals surface area contributed by atoms with E-state index in [1.54, 1.807) is 12.1 Å². The van der Waals surface area contributed by atoms with Crippen LogP contribution in [0.25, 0.3) is 0 Å². The lowest BCUT2D eigenvalue weighted by atomic mass is 10.2. The largest absolute Gasteiger partial charge is 0.490 e. The van der Waals surface area contributed by atoms with Crippen molar-refractivity contribution in [2.75, 3.05) is 11.9 Å². The Morgan fingerprint density at radius 1 is 0.931 bits per heavy atom. The summed E-state index contributed by atoms with van der Waals surface area (Å²) in [4.78, 5) is 0. The Balaban J connectivity index is 1.75. The van der Waals surface area contributed by atoms with E-state index in [0.29, 0.717) is 41.3 Å². The first kappa shape index (κ1) is 22.3. The molecule has 3 nitrogen and oxygen atoms in total. The van der Waals surface area contributed by atoms with Crippen LogP contribution >= 0.6 is 55.1 Å². The molecule has 0 saturated heterocycles. The second-order valence-corrected chi connectivity index (χ2v) is 8.84. The number of rotatable bonds is 8. The highest BCUT2D eigenvalue weighted by Crippen LogP contribution is 2.38. The van der Waals surface area contributed by atoms with Crippen LogP contribution in [0, 0.1) is 0 Å². The van der Waals surface area contributed by atoms with E-state index in [0.717, 1.165) is 25.8 Å². The molecule has 3 aromatic carbocycles. The van der Waals surface area contributed by atoms with E-state index in [2.05, 4.69) is 37.2 Å². The van der Waals surface area contributed by atoms with Crippen LogP contribution in [-0.4, -0.2) is 6.61 Å². The molecule has 0 aliphatic rings. The van der Waals surface area contributed by atoms with Gasteiger partial charge in [0.1, 0.15) is 6.61 Å². The summed E-state index contributed by atoms with van der Waals surface area (Å²) in [5, 5.41) is 4.57. The van der Waals surface area contributed by atoms with Gasteiger partial charge in [-0.15, -0.1) is 0 Å². The minimum Gasteiger partial charge on any atom is -0.490 e. The van der Waals surface area contributed by atoms with E-state index in [9.17, 15) is 0 Å². The minimum absolute atomic E-state index is 0.311. The van der Waals surface area contributed by atoms with Crippen LogP contribution in [0.15, 0.2) is 63.5 Å². The maximum absolute atomic E-state index is 6.25. The van der Waals surface area contributed by atoms with E-state index in [1.165, 1.54) is 0 Å². The first-order valence-electron chi connectivity index (χ1n) is 8.97. The molecule has 152 valence electrons. The van der Waals surface area contributed by atoms with Crippen molar-refractivity contribution in [1.29, 1.82) is 0 Å². The van der Waals surface area contributed by atoms with E-state index < -0.39 is 0 Å². The molecule has 3 aromatic rings. The van der Waals surface area contributed by atoms with Gasteiger partial charge in [-0.2, -0.15) is 0 Å². The number of halogens is 4. The maximum Gasteiger partial charge on any atom is 0.175 e. The van der Waals surface area contributed by atoms with Crippen LogP contribution in [0.3, 0.4) is 0 Å². The zero-order chi connectivity index (χ0) is 20.8. The fourth-order valence-corrected chi connectivity index (χ4v) is 4.02. The van der Waals surface area contributed by atoms with Crippen molar-refractivity contribution in [2.45, 2.75) is 20.1 Å². The van der Waals surface area contributed by atoms with Gasteiger partial charge in [-0.25, -0.2) is 0 Å². The summed E-state index contributed by atoms with van der Waals surface area (Å²) in [6, 6.07) is 17.4. The minimum atomic E-state index is 0.311. The van der Waals surface area contributed by atoms with Gasteiger partial charge >= 0.3 is 0 Å². The quantitative estimate of drug-likeness (QED) is 0.302. The third kappa shape index (κ3) is 6.29. The summed E-state index contributed by atoms with van der Waals surface area (Å²) in [5.74, 6) is 1.32. The van der Waals surface area contributed by atoms with Crippen molar-refractivity contribution >= 4 is 60.7 Å². The Labute approximate surface area is 197 Å². The highest BCUT2D eigenvalue weighted by atomic mass is 79.9. The number of nitrogens with one attached hydrogen (secondary N) is 1. The van der Waals surface area contributed by atoms with Crippen molar-refractivity contribution in [3.63, 3.8) is 0 Å². The number of hydrogen-bond acceptors (Lipinski definition) is 3. The lowest BCUT2D eigenvalue weighted by Crippen LogP contribution is -2.04. The SMILES string of the molecule is CCOc1cc(CNc2ccc(Br)cc2)cc(Br)c1OCc1ccc(Cl)cc1Cl. The Bertz CT molecular complexity index is 981. The van der Waals surface area contributed by atoms with Crippen molar-refractivity contribution in [3.05, 3.63) is 84.7 Å². The van der Waals surface area contributed by atoms with Gasteiger partial charge in [0.05, 0.1) is 11.1 Å². The van der Waals surface area contributed by atoms with Gasteiger partial charge < -0.3 is 14.8 Å². The smallest absolute Gasteiger partial charge is 0.175 e. The molecule has 0 aliphatic heterocycles. The zero-order valence-corrected chi connectivity index (χ0v) is 20.3. The van der Waals surface area contributed by atoms with Crippen molar-refractivity contribution < 1.29 is 9.47 Å². The Hall–Kier alpha value is -1.40. The summed E-state index contributed by atoms with van der Waals surface area (Å²) in [5.41, 5.74) is 2.96. The van der Waals surface area contributed by atoms with Crippen molar-refractivity contribution in [2.24, 2.45) is 0 Å². The Kier molecular flexibility index (Phi) is 8.13. The number of hydrogen-bond donors (Lipinski definition) is 1. The molecule has 0 saturated carbocycles. The van der Waals surface area contributed by atoms with E-state index in [-0.39, 0.29) is 0 Å². The van der Waals surface area contributed by atoms with Crippen molar-refractivity contribution in [3.8, 4) is 11.5 Å². The molecule has 7 heteroatoms. The van der Waals surface area contributed by atoms with Gasteiger partial charge in [0.2, 0.25) is 0 Å². The molecule has 0 unspecified atom stereocenters. The fourth-order valence-electron chi connectivity index (χ4n) is 2.69. The normalized spacial score (nSPS) is 10.7. The summed E-state index contributed by atoms with van der Waals surface area (Å²) in [7, 11) is 0. The molecule has 0 bridgehead atoms. The van der Waals surface area contributed by atoms with E-state index in [1.807, 2.05) is 49.4 Å². The van der Waals surface area contributed by atoms with Gasteiger partial charge in [0.15, 0.2) is 11.5 Å². The first-order chi connectivity index (χ1) is 14.0. The van der Waals surface area contributed by atoms with Crippen LogP contribution < -0.4 is 14.8 Å². The van der Waals surface area contributed by atoms with Gasteiger partial charge in [0, 0.05) is 32.3 Å². The molecular weight excluding hydrogens is 541 g/mol. The molecule has 0 amide bonds. The van der Waals surface area contributed by atoms with E-state index in [4.69, 9.17) is 32.7 Å². The van der Waals surface area contributed by atoms with Crippen LogP contribution in [0.2, 0.25) is 10.0 Å². The average molecular weight is 560 g/mol. The first-order valence-corrected chi connectivity index (χ1v) is 11.3. The standard InChI is InChI=1S/C22H19Br2Cl2NO2/c1-2-28-21-10-14(12-27-18-7-4-16(23)5-8-18)9-19(24)22(21)29-13-15-3-6-17(25)11-20(15)26/h3-11,27H,2,12-13H2,1H3. The molecule has 0 radical (unpaired) electrons. The van der Waals surface area contributed by atoms with Crippen LogP contribution in [-0.2, 0) is 13.2 Å². The van der Waals surface area contributed by atoms with Gasteiger partial charge in [-0.1, -0.05) is 45.2 Å². The van der Waals surface area contributed by atoms with Crippen LogP contribution in [0.1, 0.15) is 18.1 Å². The summed E-state index contributed by atoms with van der Waals surface area (Å²) < 4.78 is 13.7. The van der Waals surface area contributed by atoms with Crippen LogP contribution in [0.5, 0.6) is 11.5 Å². The molecule has 0 atom stereocenters. The average Bonchev–Trinajstić information content (AvgIpc) is 2.68. The highest BCUT2D eigenvalue weighted by Gasteiger charge is 2.14. The lowest BCUT2D eigenvalue weighted by molar-refractivity contribution is 0.267. The van der Waals surface area contributed by atoms with Gasteiger partial charge in [0.25, 0.3) is 0 Å². The monoisotopic (exact) mass is 557 g/mol. The second-order valence-electron chi connectivity index (χ2n) is 6.22. The molecule has 1 N–H and O–H groups in total. The molecule has 0 fully saturated rings. The van der Waals surface area contributed by atoms with Crippen molar-refractivity contribution in [1.82, 2.24) is 0 Å². The lowest BCUT2D eigenvalue weighted by Gasteiger charge is -2.16.